The summed E-state index contributed by atoms with van der Waals surface area (Å²) in [5.41, 5.74) is 10.1. The van der Waals surface area contributed by atoms with Gasteiger partial charge in [-0.05, 0) is 0 Å². The molecule has 0 bridgehead atoms. The second-order valence-electron chi connectivity index (χ2n) is 8.53. The second-order valence-corrected chi connectivity index (χ2v) is 36.2. The number of hydrogen-bond donors (Lipinski definition) is 0. The van der Waals surface area contributed by atoms with E-state index in [1.54, 1.807) is 56.8 Å². The molecule has 1 saturated heterocycles. The molecule has 0 spiro atoms. The van der Waals surface area contributed by atoms with Crippen LogP contribution in [-0.2, 0) is 19.2 Å². The van der Waals surface area contributed by atoms with Crippen molar-refractivity contribution in [2.75, 3.05) is 0 Å². The average Bonchev–Trinajstić information content (AvgIpc) is 3.20. The number of hydrogen-bond acceptors (Lipinski definition) is 0. The minimum Gasteiger partial charge on any atom is -1.00 e. The monoisotopic (exact) mass is 533 g/mol. The van der Waals surface area contributed by atoms with Crippen molar-refractivity contribution in [1.29, 1.82) is 0 Å². The first-order chi connectivity index (χ1) is 11.3. The third-order valence-electron chi connectivity index (χ3n) is 7.62. The van der Waals surface area contributed by atoms with Crippen molar-refractivity contribution < 1.29 is 44.1 Å². The zero-order valence-electron chi connectivity index (χ0n) is 17.8. The van der Waals surface area contributed by atoms with Gasteiger partial charge in [0, 0.05) is 0 Å². The second kappa shape index (κ2) is 9.64. The van der Waals surface area contributed by atoms with E-state index in [0.29, 0.717) is 0 Å². The fraction of sp³-hybridized carbons (Fsp3) is 0.636. The molecule has 145 valence electrons. The minimum atomic E-state index is -1.65. The molecule has 0 nitrogen and oxygen atoms in total. The van der Waals surface area contributed by atoms with Crippen LogP contribution >= 0.6 is 0 Å². The Morgan fingerprint density at radius 1 is 0.654 bits per heavy atom. The molecule has 0 saturated carbocycles. The van der Waals surface area contributed by atoms with Gasteiger partial charge in [-0.15, -0.1) is 0 Å². The first-order valence-corrected chi connectivity index (χ1v) is 24.4. The SMILES string of the molecule is CC1=C(C)C(C)[C]([Zr+2]([C]2=C(C)C(C)=C(C)C2C)[GeH]2[CH2]CC[CH2]2)=C1C.[Cl-].[Cl-]. The zero-order chi connectivity index (χ0) is 17.8. The zero-order valence-corrected chi connectivity index (χ0v) is 24.2. The molecular weight excluding hydrogens is 499 g/mol. The summed E-state index contributed by atoms with van der Waals surface area (Å²) in [5, 5.41) is 3.40. The van der Waals surface area contributed by atoms with Crippen molar-refractivity contribution >= 4 is 10.6 Å². The predicted octanol–water partition coefficient (Wildman–Crippen LogP) is 0.650. The van der Waals surface area contributed by atoms with E-state index in [1.807, 2.05) is 6.56 Å². The molecular formula is C22H35Cl2GeZr. The summed E-state index contributed by atoms with van der Waals surface area (Å²) in [7, 11) is -1.10. The molecule has 0 radical (unpaired) electrons. The van der Waals surface area contributed by atoms with Crippen molar-refractivity contribution in [3.63, 3.8) is 0 Å². The molecule has 0 aromatic heterocycles. The largest absolute Gasteiger partial charge is 1.00 e. The van der Waals surface area contributed by atoms with Gasteiger partial charge in [0.05, 0.1) is 0 Å². The van der Waals surface area contributed by atoms with Crippen molar-refractivity contribution in [3.8, 4) is 0 Å². The van der Waals surface area contributed by atoms with Gasteiger partial charge in [-0.25, -0.2) is 0 Å². The molecule has 1 heterocycles. The van der Waals surface area contributed by atoms with Crippen LogP contribution in [0, 0.1) is 11.8 Å². The molecule has 4 heteroatoms. The Labute approximate surface area is 183 Å². The van der Waals surface area contributed by atoms with E-state index in [2.05, 4.69) is 55.4 Å². The third kappa shape index (κ3) is 3.99. The van der Waals surface area contributed by atoms with Gasteiger partial charge in [0.2, 0.25) is 0 Å². The molecule has 3 aliphatic rings. The molecule has 1 aliphatic heterocycles. The number of allylic oxidation sites excluding steroid dienone is 8. The quantitative estimate of drug-likeness (QED) is 0.467. The summed E-state index contributed by atoms with van der Waals surface area (Å²) in [6, 6.07) is 0. The molecule has 0 N–H and O–H groups in total. The summed E-state index contributed by atoms with van der Waals surface area (Å²) in [4.78, 5) is 0. The van der Waals surface area contributed by atoms with Crippen molar-refractivity contribution in [2.24, 2.45) is 11.8 Å². The standard InChI is InChI=1S/2C9H13.C4H9Ge.2ClH.Zr/c2*1-6-5-7(2)9(4)8(6)3;1-2-4-5-3-1;;;/h2*6H,1-4H3;5H,1-4H2;2*1H;/q;;;;;+2/p-2. The Kier molecular flexibility index (Phi) is 9.27. The first-order valence-electron chi connectivity index (χ1n) is 9.91. The average molecular weight is 534 g/mol. The van der Waals surface area contributed by atoms with Crippen molar-refractivity contribution in [2.45, 2.75) is 78.7 Å². The summed E-state index contributed by atoms with van der Waals surface area (Å²) in [6.07, 6.45) is 3.12. The molecule has 2 atom stereocenters. The summed E-state index contributed by atoms with van der Waals surface area (Å²) < 4.78 is 4.09. The molecule has 0 amide bonds. The van der Waals surface area contributed by atoms with Crippen LogP contribution in [0.1, 0.15) is 68.2 Å². The Hall–Kier alpha value is 0.966. The third-order valence-corrected chi connectivity index (χ3v) is 46.3. The van der Waals surface area contributed by atoms with E-state index in [9.17, 15) is 0 Å². The van der Waals surface area contributed by atoms with E-state index in [-0.39, 0.29) is 24.8 Å². The maximum absolute atomic E-state index is 2.53. The van der Waals surface area contributed by atoms with E-state index >= 15 is 0 Å². The predicted molar refractivity (Wildman–Crippen MR) is 106 cm³/mol. The topological polar surface area (TPSA) is 0 Å². The van der Waals surface area contributed by atoms with Gasteiger partial charge in [-0.3, -0.25) is 0 Å². The molecule has 2 aliphatic carbocycles. The first kappa shape index (κ1) is 25.0. The normalized spacial score (nSPS) is 26.8. The molecule has 2 unspecified atom stereocenters. The Bertz CT molecular complexity index is 641. The molecule has 0 aromatic rings. The van der Waals surface area contributed by atoms with Crippen LogP contribution in [-0.4, -0.2) is 10.6 Å². The van der Waals surface area contributed by atoms with Gasteiger partial charge in [0.15, 0.2) is 0 Å². The molecule has 0 aromatic carbocycles. The summed E-state index contributed by atoms with van der Waals surface area (Å²) >= 11 is -1.65. The van der Waals surface area contributed by atoms with Crippen LogP contribution in [0.15, 0.2) is 40.0 Å². The van der Waals surface area contributed by atoms with Crippen LogP contribution in [0.5, 0.6) is 0 Å². The van der Waals surface area contributed by atoms with Gasteiger partial charge in [-0.1, -0.05) is 0 Å². The van der Waals surface area contributed by atoms with Gasteiger partial charge in [-0.2, -0.15) is 0 Å². The maximum Gasteiger partial charge on any atom is -1.00 e. The number of rotatable bonds is 3. The van der Waals surface area contributed by atoms with Crippen LogP contribution in [0.3, 0.4) is 0 Å². The number of halogens is 2. The van der Waals surface area contributed by atoms with E-state index in [4.69, 9.17) is 0 Å². The smallest absolute Gasteiger partial charge is 1.00 e. The van der Waals surface area contributed by atoms with Crippen LogP contribution in [0.4, 0.5) is 0 Å². The van der Waals surface area contributed by atoms with Crippen molar-refractivity contribution in [3.05, 3.63) is 40.0 Å². The van der Waals surface area contributed by atoms with E-state index in [1.165, 1.54) is 0 Å². The van der Waals surface area contributed by atoms with Crippen LogP contribution < -0.4 is 24.8 Å². The van der Waals surface area contributed by atoms with Gasteiger partial charge in [0.25, 0.3) is 0 Å². The minimum absolute atomic E-state index is 0. The van der Waals surface area contributed by atoms with Crippen molar-refractivity contribution in [1.82, 2.24) is 0 Å². The van der Waals surface area contributed by atoms with Crippen LogP contribution in [0.25, 0.3) is 0 Å². The fourth-order valence-electron chi connectivity index (χ4n) is 5.40. The fourth-order valence-corrected chi connectivity index (χ4v) is 54.7. The Balaban J connectivity index is 0.00000169. The van der Waals surface area contributed by atoms with E-state index in [0.717, 1.165) is 11.8 Å². The summed E-state index contributed by atoms with van der Waals surface area (Å²) in [5.74, 6) is 1.53. The molecule has 1 fully saturated rings. The Morgan fingerprint density at radius 2 is 1.00 bits per heavy atom. The van der Waals surface area contributed by atoms with Gasteiger partial charge >= 0.3 is 160 Å². The van der Waals surface area contributed by atoms with Gasteiger partial charge in [0.1, 0.15) is 0 Å². The molecule has 3 rings (SSSR count). The molecule has 26 heavy (non-hydrogen) atoms. The maximum atomic E-state index is 2.53. The van der Waals surface area contributed by atoms with E-state index < -0.39 is 29.8 Å². The van der Waals surface area contributed by atoms with Crippen LogP contribution in [0.2, 0.25) is 10.5 Å². The Morgan fingerprint density at radius 3 is 1.27 bits per heavy atom. The summed E-state index contributed by atoms with van der Waals surface area (Å²) in [6.45, 7) is 19.6. The van der Waals surface area contributed by atoms with Gasteiger partial charge < -0.3 is 24.8 Å².